The second-order valence-corrected chi connectivity index (χ2v) is 4.94. The van der Waals surface area contributed by atoms with Crippen LogP contribution in [0.25, 0.3) is 6.08 Å². The molecule has 0 aliphatic carbocycles. The molecule has 2 N–H and O–H groups in total. The van der Waals surface area contributed by atoms with Crippen LogP contribution in [0, 0.1) is 0 Å². The average Bonchev–Trinajstić information content (AvgIpc) is 2.97. The van der Waals surface area contributed by atoms with Crippen LogP contribution in [0.2, 0.25) is 0 Å². The highest BCUT2D eigenvalue weighted by molar-refractivity contribution is 9.10. The topological polar surface area (TPSA) is 88.8 Å². The second kappa shape index (κ2) is 5.58. The Bertz CT molecular complexity index is 516. The van der Waals surface area contributed by atoms with Gasteiger partial charge in [0.15, 0.2) is 10.2 Å². The molecule has 1 aliphatic rings. The molecular formula is C12H12BrNO5. The Morgan fingerprint density at radius 1 is 1.47 bits per heavy atom. The molecule has 0 saturated carbocycles. The van der Waals surface area contributed by atoms with Gasteiger partial charge in [-0.05, 0) is 34.1 Å². The summed E-state index contributed by atoms with van der Waals surface area (Å²) < 4.78 is 10.8. The Morgan fingerprint density at radius 2 is 2.26 bits per heavy atom. The molecule has 1 aliphatic heterocycles. The third-order valence-electron chi connectivity index (χ3n) is 2.79. The lowest BCUT2D eigenvalue weighted by Gasteiger charge is -2.22. The monoisotopic (exact) mass is 329 g/mol. The molecule has 2 rings (SSSR count). The van der Waals surface area contributed by atoms with Crippen molar-refractivity contribution >= 4 is 33.9 Å². The number of halogens is 1. The van der Waals surface area contributed by atoms with Gasteiger partial charge in [0, 0.05) is 19.1 Å². The van der Waals surface area contributed by atoms with Crippen LogP contribution in [-0.2, 0) is 14.3 Å². The number of carboxylic acids is 1. The zero-order valence-corrected chi connectivity index (χ0v) is 11.5. The SMILES string of the molecule is O=C(C=Cc1ccc(Br)o1)NC1(C(=O)O)CCOC1. The molecule has 102 valence electrons. The molecule has 0 bridgehead atoms. The van der Waals surface area contributed by atoms with E-state index in [0.717, 1.165) is 0 Å². The number of carboxylic acid groups (broad SMARTS) is 1. The molecule has 19 heavy (non-hydrogen) atoms. The van der Waals surface area contributed by atoms with E-state index in [-0.39, 0.29) is 13.0 Å². The molecule has 1 aromatic rings. The normalized spacial score (nSPS) is 22.8. The molecule has 6 nitrogen and oxygen atoms in total. The second-order valence-electron chi connectivity index (χ2n) is 4.15. The lowest BCUT2D eigenvalue weighted by molar-refractivity contribution is -0.147. The van der Waals surface area contributed by atoms with Gasteiger partial charge >= 0.3 is 5.97 Å². The summed E-state index contributed by atoms with van der Waals surface area (Å²) in [5.41, 5.74) is -1.33. The van der Waals surface area contributed by atoms with Crippen molar-refractivity contribution < 1.29 is 23.8 Å². The van der Waals surface area contributed by atoms with Gasteiger partial charge < -0.3 is 19.6 Å². The first kappa shape index (κ1) is 13.8. The number of rotatable bonds is 4. The summed E-state index contributed by atoms with van der Waals surface area (Å²) in [4.78, 5) is 22.9. The van der Waals surface area contributed by atoms with Crippen molar-refractivity contribution in [1.82, 2.24) is 5.32 Å². The molecule has 0 radical (unpaired) electrons. The van der Waals surface area contributed by atoms with E-state index < -0.39 is 17.4 Å². The summed E-state index contributed by atoms with van der Waals surface area (Å²) in [6.07, 6.45) is 2.95. The molecule has 1 atom stereocenters. The molecule has 2 heterocycles. The number of hydrogen-bond acceptors (Lipinski definition) is 4. The van der Waals surface area contributed by atoms with Crippen LogP contribution >= 0.6 is 15.9 Å². The lowest BCUT2D eigenvalue weighted by atomic mass is 9.99. The lowest BCUT2D eigenvalue weighted by Crippen LogP contribution is -2.54. The highest BCUT2D eigenvalue weighted by atomic mass is 79.9. The summed E-state index contributed by atoms with van der Waals surface area (Å²) in [6.45, 7) is 0.301. The van der Waals surface area contributed by atoms with E-state index in [9.17, 15) is 9.59 Å². The van der Waals surface area contributed by atoms with E-state index in [2.05, 4.69) is 21.2 Å². The largest absolute Gasteiger partial charge is 0.479 e. The van der Waals surface area contributed by atoms with Crippen molar-refractivity contribution in [2.24, 2.45) is 0 Å². The van der Waals surface area contributed by atoms with Gasteiger partial charge in [-0.25, -0.2) is 4.79 Å². The van der Waals surface area contributed by atoms with Gasteiger partial charge in [0.05, 0.1) is 6.61 Å². The Kier molecular flexibility index (Phi) is 4.06. The number of nitrogens with one attached hydrogen (secondary N) is 1. The number of aliphatic carboxylic acids is 1. The quantitative estimate of drug-likeness (QED) is 0.815. The van der Waals surface area contributed by atoms with Crippen molar-refractivity contribution in [3.8, 4) is 0 Å². The Hall–Kier alpha value is -1.60. The standard InChI is InChI=1S/C12H12BrNO5/c13-9-3-1-8(19-9)2-4-10(15)14-12(11(16)17)5-6-18-7-12/h1-4H,5-7H2,(H,14,15)(H,16,17). The number of furan rings is 1. The Balaban J connectivity index is 2.00. The first-order valence-electron chi connectivity index (χ1n) is 5.58. The smallest absolute Gasteiger partial charge is 0.331 e. The number of hydrogen-bond donors (Lipinski definition) is 2. The van der Waals surface area contributed by atoms with E-state index in [0.29, 0.717) is 17.0 Å². The third-order valence-corrected chi connectivity index (χ3v) is 3.21. The zero-order valence-electron chi connectivity index (χ0n) is 9.89. The number of ether oxygens (including phenoxy) is 1. The van der Waals surface area contributed by atoms with Gasteiger partial charge in [0.25, 0.3) is 0 Å². The van der Waals surface area contributed by atoms with Gasteiger partial charge in [-0.15, -0.1) is 0 Å². The predicted molar refractivity (Wildman–Crippen MR) is 69.4 cm³/mol. The first-order valence-corrected chi connectivity index (χ1v) is 6.38. The van der Waals surface area contributed by atoms with Gasteiger partial charge in [-0.3, -0.25) is 4.79 Å². The highest BCUT2D eigenvalue weighted by Crippen LogP contribution is 2.19. The van der Waals surface area contributed by atoms with Crippen molar-refractivity contribution in [3.63, 3.8) is 0 Å². The molecule has 1 aromatic heterocycles. The van der Waals surface area contributed by atoms with Gasteiger partial charge in [0.1, 0.15) is 5.76 Å². The summed E-state index contributed by atoms with van der Waals surface area (Å²) in [5.74, 6) is -1.10. The maximum Gasteiger partial charge on any atom is 0.331 e. The van der Waals surface area contributed by atoms with Crippen LogP contribution in [0.15, 0.2) is 27.3 Å². The third kappa shape index (κ3) is 3.24. The van der Waals surface area contributed by atoms with E-state index in [1.54, 1.807) is 12.1 Å². The maximum absolute atomic E-state index is 11.7. The average molecular weight is 330 g/mol. The Labute approximate surface area is 117 Å². The minimum absolute atomic E-state index is 0.0196. The molecular weight excluding hydrogens is 318 g/mol. The highest BCUT2D eigenvalue weighted by Gasteiger charge is 2.43. The number of amides is 1. The molecule has 1 unspecified atom stereocenters. The van der Waals surface area contributed by atoms with Crippen LogP contribution < -0.4 is 5.32 Å². The minimum Gasteiger partial charge on any atom is -0.479 e. The van der Waals surface area contributed by atoms with Crippen molar-refractivity contribution in [1.29, 1.82) is 0 Å². The molecule has 7 heteroatoms. The van der Waals surface area contributed by atoms with Crippen LogP contribution in [0.4, 0.5) is 0 Å². The fourth-order valence-electron chi connectivity index (χ4n) is 1.74. The zero-order chi connectivity index (χ0) is 13.9. The van der Waals surface area contributed by atoms with Gasteiger partial charge in [-0.2, -0.15) is 0 Å². The summed E-state index contributed by atoms with van der Waals surface area (Å²) in [5, 5.41) is 11.6. The van der Waals surface area contributed by atoms with Crippen molar-refractivity contribution in [3.05, 3.63) is 28.6 Å². The fourth-order valence-corrected chi connectivity index (χ4v) is 2.06. The van der Waals surface area contributed by atoms with Crippen molar-refractivity contribution in [2.45, 2.75) is 12.0 Å². The van der Waals surface area contributed by atoms with E-state index in [4.69, 9.17) is 14.3 Å². The van der Waals surface area contributed by atoms with Gasteiger partial charge in [0.2, 0.25) is 5.91 Å². The summed E-state index contributed by atoms with van der Waals surface area (Å²) in [6, 6.07) is 3.38. The predicted octanol–water partition coefficient (Wildman–Crippen LogP) is 1.42. The molecule has 1 fully saturated rings. The molecule has 1 amide bonds. The fraction of sp³-hybridized carbons (Fsp3) is 0.333. The summed E-state index contributed by atoms with van der Waals surface area (Å²) >= 11 is 3.14. The molecule has 0 spiro atoms. The molecule has 1 saturated heterocycles. The van der Waals surface area contributed by atoms with Crippen LogP contribution in [-0.4, -0.2) is 35.7 Å². The van der Waals surface area contributed by atoms with E-state index >= 15 is 0 Å². The van der Waals surface area contributed by atoms with Crippen molar-refractivity contribution in [2.75, 3.05) is 13.2 Å². The first-order chi connectivity index (χ1) is 9.02. The summed E-state index contributed by atoms with van der Waals surface area (Å²) in [7, 11) is 0. The Morgan fingerprint density at radius 3 is 2.79 bits per heavy atom. The maximum atomic E-state index is 11.7. The van der Waals surface area contributed by atoms with E-state index in [1.807, 2.05) is 0 Å². The van der Waals surface area contributed by atoms with Gasteiger partial charge in [-0.1, -0.05) is 0 Å². The minimum atomic E-state index is -1.33. The number of carbonyl (C=O) groups is 2. The number of carbonyl (C=O) groups excluding carboxylic acids is 1. The van der Waals surface area contributed by atoms with Crippen LogP contribution in [0.3, 0.4) is 0 Å². The molecule has 0 aromatic carbocycles. The van der Waals surface area contributed by atoms with Crippen LogP contribution in [0.1, 0.15) is 12.2 Å². The van der Waals surface area contributed by atoms with Crippen LogP contribution in [0.5, 0.6) is 0 Å². The van der Waals surface area contributed by atoms with E-state index in [1.165, 1.54) is 12.2 Å².